The molecule has 3 aromatic carbocycles. The van der Waals surface area contributed by atoms with Gasteiger partial charge in [0.05, 0.1) is 5.56 Å². The van der Waals surface area contributed by atoms with Crippen LogP contribution >= 0.6 is 0 Å². The molecule has 1 aliphatic heterocycles. The van der Waals surface area contributed by atoms with E-state index < -0.39 is 30.1 Å². The van der Waals surface area contributed by atoms with Crippen LogP contribution in [0.25, 0.3) is 11.1 Å². The average Bonchev–Trinajstić information content (AvgIpc) is 3.20. The van der Waals surface area contributed by atoms with Gasteiger partial charge in [0.2, 0.25) is 0 Å². The van der Waals surface area contributed by atoms with Crippen molar-refractivity contribution in [3.05, 3.63) is 82.9 Å². The van der Waals surface area contributed by atoms with Crippen LogP contribution in [0.1, 0.15) is 33.0 Å². The summed E-state index contributed by atoms with van der Waals surface area (Å²) in [5, 5.41) is 9.33. The Morgan fingerprint density at radius 1 is 0.946 bits per heavy atom. The van der Waals surface area contributed by atoms with E-state index in [4.69, 9.17) is 4.74 Å². The molecular formula is C27H25BF3N2O4-. The van der Waals surface area contributed by atoms with Crippen molar-refractivity contribution in [1.29, 1.82) is 0 Å². The van der Waals surface area contributed by atoms with Gasteiger partial charge in [-0.1, -0.05) is 60.2 Å². The highest BCUT2D eigenvalue weighted by molar-refractivity contribution is 6.74. The van der Waals surface area contributed by atoms with Gasteiger partial charge >= 0.3 is 19.0 Å². The molecule has 6 nitrogen and oxygen atoms in total. The normalized spacial score (nSPS) is 15.4. The number of nitrogens with zero attached hydrogens (tertiary/aromatic N) is 2. The number of rotatable bonds is 5. The van der Waals surface area contributed by atoms with Crippen molar-refractivity contribution in [2.24, 2.45) is 0 Å². The maximum Gasteiger partial charge on any atom is 0.509 e. The van der Waals surface area contributed by atoms with Gasteiger partial charge in [0.15, 0.2) is 0 Å². The highest BCUT2D eigenvalue weighted by Crippen LogP contribution is 2.44. The first-order valence-electron chi connectivity index (χ1n) is 12.1. The second-order valence-corrected chi connectivity index (χ2v) is 9.37. The van der Waals surface area contributed by atoms with Crippen LogP contribution in [0.2, 0.25) is 0 Å². The zero-order valence-corrected chi connectivity index (χ0v) is 20.2. The van der Waals surface area contributed by atoms with Crippen LogP contribution in [0.15, 0.2) is 60.7 Å². The molecule has 5 rings (SSSR count). The highest BCUT2D eigenvalue weighted by Gasteiger charge is 2.33. The number of hydrogen-bond donors (Lipinski definition) is 1. The van der Waals surface area contributed by atoms with Crippen LogP contribution in [-0.2, 0) is 4.74 Å². The Labute approximate surface area is 212 Å². The lowest BCUT2D eigenvalue weighted by molar-refractivity contribution is 0.0697. The fraction of sp³-hybridized carbons (Fsp3) is 0.259. The minimum Gasteiger partial charge on any atom is -0.478 e. The molecule has 3 aromatic rings. The summed E-state index contributed by atoms with van der Waals surface area (Å²) in [7, 11) is 0. The van der Waals surface area contributed by atoms with Crippen molar-refractivity contribution in [2.75, 3.05) is 37.7 Å². The van der Waals surface area contributed by atoms with E-state index >= 15 is 0 Å². The third-order valence-electron chi connectivity index (χ3n) is 7.23. The number of halogens is 3. The van der Waals surface area contributed by atoms with Crippen molar-refractivity contribution in [2.45, 2.75) is 12.8 Å². The summed E-state index contributed by atoms with van der Waals surface area (Å²) in [6, 6.07) is 18.0. The largest absolute Gasteiger partial charge is 0.509 e. The predicted octanol–water partition coefficient (Wildman–Crippen LogP) is 4.82. The van der Waals surface area contributed by atoms with Crippen LogP contribution in [0.5, 0.6) is 0 Å². The Morgan fingerprint density at radius 3 is 2.05 bits per heavy atom. The molecule has 0 unspecified atom stereocenters. The maximum atomic E-state index is 13.6. The van der Waals surface area contributed by atoms with Gasteiger partial charge in [-0.2, -0.15) is 0 Å². The number of piperazine rings is 1. The van der Waals surface area contributed by atoms with Crippen molar-refractivity contribution in [3.63, 3.8) is 0 Å². The first kappa shape index (κ1) is 24.7. The second kappa shape index (κ2) is 9.50. The molecule has 1 fully saturated rings. The summed E-state index contributed by atoms with van der Waals surface area (Å²) in [6.07, 6.45) is -0.475. The third kappa shape index (κ3) is 4.63. The molecule has 0 radical (unpaired) electrons. The first-order valence-corrected chi connectivity index (χ1v) is 12.1. The Balaban J connectivity index is 1.26. The number of ether oxygens (including phenoxy) is 1. The molecule has 1 saturated heterocycles. The molecule has 1 N–H and O–H groups in total. The number of carboxylic acids is 1. The average molecular weight is 509 g/mol. The van der Waals surface area contributed by atoms with E-state index in [1.165, 1.54) is 17.9 Å². The van der Waals surface area contributed by atoms with E-state index in [0.717, 1.165) is 22.3 Å². The Kier molecular flexibility index (Phi) is 6.35. The Hall–Kier alpha value is -3.95. The number of amides is 1. The van der Waals surface area contributed by atoms with E-state index in [-0.39, 0.29) is 50.0 Å². The number of anilines is 1. The Bertz CT molecular complexity index is 1320. The molecule has 0 saturated carbocycles. The van der Waals surface area contributed by atoms with Gasteiger partial charge < -0.3 is 32.6 Å². The summed E-state index contributed by atoms with van der Waals surface area (Å²) in [4.78, 5) is 27.6. The quantitative estimate of drug-likeness (QED) is 0.500. The molecule has 0 bridgehead atoms. The smallest absolute Gasteiger partial charge is 0.478 e. The second-order valence-electron chi connectivity index (χ2n) is 9.37. The van der Waals surface area contributed by atoms with E-state index in [1.54, 1.807) is 4.90 Å². The van der Waals surface area contributed by atoms with Crippen LogP contribution in [0.3, 0.4) is 0 Å². The molecule has 0 spiro atoms. The molecule has 1 amide bonds. The number of carboxylic acid groups (broad SMARTS) is 1. The summed E-state index contributed by atoms with van der Waals surface area (Å²) in [5.41, 5.74) is 3.38. The molecule has 0 atom stereocenters. The van der Waals surface area contributed by atoms with Gasteiger partial charge in [-0.25, -0.2) is 9.59 Å². The summed E-state index contributed by atoms with van der Waals surface area (Å²) < 4.78 is 46.5. The van der Waals surface area contributed by atoms with Gasteiger partial charge in [0.25, 0.3) is 0 Å². The van der Waals surface area contributed by atoms with Gasteiger partial charge in [0, 0.05) is 37.8 Å². The molecule has 0 aromatic heterocycles. The minimum absolute atomic E-state index is 0.00732. The van der Waals surface area contributed by atoms with Crippen LogP contribution < -0.4 is 10.4 Å². The van der Waals surface area contributed by atoms with E-state index in [0.29, 0.717) is 6.07 Å². The molecule has 10 heteroatoms. The monoisotopic (exact) mass is 509 g/mol. The lowest BCUT2D eigenvalue weighted by atomic mass is 9.75. The lowest BCUT2D eigenvalue weighted by Gasteiger charge is -2.37. The van der Waals surface area contributed by atoms with E-state index in [1.807, 2.05) is 36.4 Å². The highest BCUT2D eigenvalue weighted by atomic mass is 19.4. The number of fused-ring (bicyclic) bond motifs is 3. The van der Waals surface area contributed by atoms with Crippen LogP contribution in [-0.4, -0.2) is 61.8 Å². The summed E-state index contributed by atoms with van der Waals surface area (Å²) in [5.74, 6) is -1.48. The minimum atomic E-state index is -5.37. The number of aromatic carboxylic acids is 1. The van der Waals surface area contributed by atoms with Crippen LogP contribution in [0, 0.1) is 6.92 Å². The topological polar surface area (TPSA) is 70.1 Å². The predicted molar refractivity (Wildman–Crippen MR) is 136 cm³/mol. The first-order chi connectivity index (χ1) is 17.6. The molecule has 1 aliphatic carbocycles. The molecule has 37 heavy (non-hydrogen) atoms. The van der Waals surface area contributed by atoms with E-state index in [2.05, 4.69) is 12.1 Å². The standard InChI is InChI=1S/C27H25BF3N2O4/c1-17-24(28(29,30)31)14-18(26(34)35)15-25(17)32-10-12-33(13-11-32)27(36)37-16-23-21-8-4-2-6-19(21)20-7-3-5-9-22(20)23/h2-9,14-15,23H,10-13,16H2,1H3,(H,34,35)/q-1. The lowest BCUT2D eigenvalue weighted by Crippen LogP contribution is -2.50. The van der Waals surface area contributed by atoms with Crippen molar-refractivity contribution < 1.29 is 32.4 Å². The fourth-order valence-corrected chi connectivity index (χ4v) is 5.33. The SMILES string of the molecule is Cc1c(N2CCN(C(=O)OCC3c4ccccc4-c4ccccc43)CC2)cc(C(=O)O)cc1[B-](F)(F)F. The van der Waals surface area contributed by atoms with E-state index in [9.17, 15) is 27.6 Å². The molecule has 1 heterocycles. The maximum absolute atomic E-state index is 13.6. The Morgan fingerprint density at radius 2 is 1.51 bits per heavy atom. The zero-order valence-electron chi connectivity index (χ0n) is 20.2. The molecule has 192 valence electrons. The number of carbonyl (C=O) groups excluding carboxylic acids is 1. The number of carbonyl (C=O) groups is 2. The fourth-order valence-electron chi connectivity index (χ4n) is 5.33. The molecular weight excluding hydrogens is 484 g/mol. The van der Waals surface area contributed by atoms with Gasteiger partial charge in [-0.05, 0) is 35.2 Å². The number of benzene rings is 3. The van der Waals surface area contributed by atoms with Gasteiger partial charge in [0.1, 0.15) is 6.61 Å². The summed E-state index contributed by atoms with van der Waals surface area (Å²) >= 11 is 0. The van der Waals surface area contributed by atoms with Gasteiger partial charge in [-0.3, -0.25) is 0 Å². The molecule has 2 aliphatic rings. The van der Waals surface area contributed by atoms with Crippen molar-refractivity contribution in [3.8, 4) is 11.1 Å². The van der Waals surface area contributed by atoms with Crippen molar-refractivity contribution in [1.82, 2.24) is 4.90 Å². The number of hydrogen-bond acceptors (Lipinski definition) is 4. The van der Waals surface area contributed by atoms with Gasteiger partial charge in [-0.15, -0.1) is 5.46 Å². The third-order valence-corrected chi connectivity index (χ3v) is 7.23. The summed E-state index contributed by atoms with van der Waals surface area (Å²) in [6.45, 7) is -2.81. The zero-order chi connectivity index (χ0) is 26.3. The van der Waals surface area contributed by atoms with Crippen LogP contribution in [0.4, 0.5) is 23.4 Å². The van der Waals surface area contributed by atoms with Crippen molar-refractivity contribution >= 4 is 30.2 Å².